The minimum absolute atomic E-state index is 0.184. The van der Waals surface area contributed by atoms with Crippen molar-refractivity contribution in [2.75, 3.05) is 19.5 Å². The number of halogens is 1. The highest BCUT2D eigenvalue weighted by molar-refractivity contribution is 6.28. The van der Waals surface area contributed by atoms with Crippen LogP contribution in [0.4, 0.5) is 5.82 Å². The molecule has 8 heteroatoms. The monoisotopic (exact) mass is 429 g/mol. The molecule has 0 bridgehead atoms. The molecule has 1 aromatic carbocycles. The second-order valence-corrected chi connectivity index (χ2v) is 8.41. The molecule has 7 nitrogen and oxygen atoms in total. The van der Waals surface area contributed by atoms with Crippen LogP contribution < -0.4 is 14.8 Å². The minimum atomic E-state index is 0.184. The predicted octanol–water partition coefficient (Wildman–Crippen LogP) is 4.94. The van der Waals surface area contributed by atoms with Gasteiger partial charge in [0.25, 0.3) is 0 Å². The number of imidazole rings is 1. The molecule has 1 aliphatic carbocycles. The number of rotatable bonds is 7. The van der Waals surface area contributed by atoms with Gasteiger partial charge in [0, 0.05) is 24.7 Å². The van der Waals surface area contributed by atoms with E-state index in [1.54, 1.807) is 14.2 Å². The van der Waals surface area contributed by atoms with Crippen LogP contribution >= 0.6 is 11.6 Å². The maximum atomic E-state index is 6.17. The number of benzene rings is 1. The molecule has 0 aliphatic heterocycles. The first-order valence-corrected chi connectivity index (χ1v) is 10.8. The van der Waals surface area contributed by atoms with Gasteiger partial charge in [0.2, 0.25) is 5.28 Å². The second kappa shape index (κ2) is 9.08. The molecule has 1 N–H and O–H groups in total. The number of ether oxygens (including phenoxy) is 2. The van der Waals surface area contributed by atoms with Crippen molar-refractivity contribution >= 4 is 28.6 Å². The van der Waals surface area contributed by atoms with Gasteiger partial charge in [-0.15, -0.1) is 0 Å². The number of hydrogen-bond acceptors (Lipinski definition) is 6. The van der Waals surface area contributed by atoms with Crippen molar-refractivity contribution < 1.29 is 9.47 Å². The molecular formula is C22H28ClN5O2. The summed E-state index contributed by atoms with van der Waals surface area (Å²) >= 11 is 6.17. The van der Waals surface area contributed by atoms with E-state index in [1.807, 2.05) is 24.5 Å². The fourth-order valence-corrected chi connectivity index (χ4v) is 4.35. The van der Waals surface area contributed by atoms with Gasteiger partial charge in [0.1, 0.15) is 17.0 Å². The molecule has 1 fully saturated rings. The normalized spacial score (nSPS) is 19.1. The van der Waals surface area contributed by atoms with Crippen LogP contribution in [0.3, 0.4) is 0 Å². The molecule has 30 heavy (non-hydrogen) atoms. The summed E-state index contributed by atoms with van der Waals surface area (Å²) in [6.07, 6.45) is 6.94. The van der Waals surface area contributed by atoms with E-state index in [-0.39, 0.29) is 5.28 Å². The van der Waals surface area contributed by atoms with Crippen LogP contribution in [0.25, 0.3) is 11.2 Å². The molecule has 0 unspecified atom stereocenters. The summed E-state index contributed by atoms with van der Waals surface area (Å²) in [7, 11) is 3.29. The second-order valence-electron chi connectivity index (χ2n) is 8.07. The molecule has 2 aromatic heterocycles. The first-order valence-electron chi connectivity index (χ1n) is 10.4. The summed E-state index contributed by atoms with van der Waals surface area (Å²) in [5.74, 6) is 3.68. The predicted molar refractivity (Wildman–Crippen MR) is 118 cm³/mol. The number of nitrogens with zero attached hydrogens (tertiary/aromatic N) is 4. The van der Waals surface area contributed by atoms with Crippen LogP contribution in [0.15, 0.2) is 24.5 Å². The number of aromatic nitrogens is 4. The molecule has 4 rings (SSSR count). The van der Waals surface area contributed by atoms with Crippen molar-refractivity contribution in [3.05, 3.63) is 35.4 Å². The van der Waals surface area contributed by atoms with Gasteiger partial charge in [-0.1, -0.05) is 19.8 Å². The van der Waals surface area contributed by atoms with Crippen LogP contribution in [0, 0.1) is 11.8 Å². The van der Waals surface area contributed by atoms with Gasteiger partial charge in [0.05, 0.1) is 20.5 Å². The fourth-order valence-electron chi connectivity index (χ4n) is 4.18. The van der Waals surface area contributed by atoms with Crippen molar-refractivity contribution in [2.45, 2.75) is 45.7 Å². The maximum Gasteiger partial charge on any atom is 0.226 e. The lowest BCUT2D eigenvalue weighted by molar-refractivity contribution is 0.266. The minimum Gasteiger partial charge on any atom is -0.497 e. The van der Waals surface area contributed by atoms with Crippen molar-refractivity contribution in [1.82, 2.24) is 19.5 Å². The van der Waals surface area contributed by atoms with Gasteiger partial charge < -0.3 is 19.4 Å². The molecule has 0 amide bonds. The number of methoxy groups -OCH3 is 2. The molecule has 0 spiro atoms. The van der Waals surface area contributed by atoms with Gasteiger partial charge in [-0.2, -0.15) is 9.97 Å². The lowest BCUT2D eigenvalue weighted by Crippen LogP contribution is -2.17. The Kier molecular flexibility index (Phi) is 6.27. The Morgan fingerprint density at radius 2 is 1.93 bits per heavy atom. The molecule has 0 saturated heterocycles. The van der Waals surface area contributed by atoms with E-state index in [1.165, 1.54) is 25.7 Å². The molecule has 1 aliphatic rings. The zero-order valence-corrected chi connectivity index (χ0v) is 18.4. The Labute approximate surface area is 181 Å². The summed E-state index contributed by atoms with van der Waals surface area (Å²) < 4.78 is 13.0. The van der Waals surface area contributed by atoms with Gasteiger partial charge in [-0.3, -0.25) is 0 Å². The molecule has 1 saturated carbocycles. The van der Waals surface area contributed by atoms with E-state index in [9.17, 15) is 0 Å². The lowest BCUT2D eigenvalue weighted by atomic mass is 9.83. The van der Waals surface area contributed by atoms with Crippen molar-refractivity contribution in [3.8, 4) is 11.5 Å². The van der Waals surface area contributed by atoms with E-state index in [4.69, 9.17) is 21.1 Å². The van der Waals surface area contributed by atoms with Crippen molar-refractivity contribution in [3.63, 3.8) is 0 Å². The molecular weight excluding hydrogens is 402 g/mol. The Morgan fingerprint density at radius 3 is 2.67 bits per heavy atom. The van der Waals surface area contributed by atoms with Gasteiger partial charge in [-0.25, -0.2) is 4.98 Å². The number of nitrogens with one attached hydrogen (secondary N) is 1. The maximum absolute atomic E-state index is 6.17. The topological polar surface area (TPSA) is 74.1 Å². The zero-order chi connectivity index (χ0) is 21.1. The smallest absolute Gasteiger partial charge is 0.226 e. The van der Waals surface area contributed by atoms with Crippen molar-refractivity contribution in [1.29, 1.82) is 0 Å². The third kappa shape index (κ3) is 4.46. The average Bonchev–Trinajstić information content (AvgIpc) is 3.15. The lowest BCUT2D eigenvalue weighted by Gasteiger charge is -2.26. The van der Waals surface area contributed by atoms with Gasteiger partial charge in [0.15, 0.2) is 11.5 Å². The highest BCUT2D eigenvalue weighted by Gasteiger charge is 2.21. The fraction of sp³-hybridized carbons (Fsp3) is 0.500. The van der Waals surface area contributed by atoms with E-state index in [0.717, 1.165) is 35.0 Å². The first-order chi connectivity index (χ1) is 14.6. The summed E-state index contributed by atoms with van der Waals surface area (Å²) in [6.45, 7) is 3.80. The Hall–Kier alpha value is -2.54. The summed E-state index contributed by atoms with van der Waals surface area (Å²) in [5, 5.41) is 3.59. The van der Waals surface area contributed by atoms with Crippen LogP contribution in [0.1, 0.15) is 38.2 Å². The summed E-state index contributed by atoms with van der Waals surface area (Å²) in [5.41, 5.74) is 2.50. The Morgan fingerprint density at radius 1 is 1.13 bits per heavy atom. The summed E-state index contributed by atoms with van der Waals surface area (Å²) in [4.78, 5) is 13.3. The first kappa shape index (κ1) is 20.7. The Balaban J connectivity index is 1.58. The third-order valence-electron chi connectivity index (χ3n) is 5.98. The number of anilines is 1. The molecule has 2 heterocycles. The van der Waals surface area contributed by atoms with Gasteiger partial charge in [-0.05, 0) is 48.4 Å². The third-order valence-corrected chi connectivity index (χ3v) is 6.14. The quantitative estimate of drug-likeness (QED) is 0.536. The number of hydrogen-bond donors (Lipinski definition) is 1. The van der Waals surface area contributed by atoms with Gasteiger partial charge >= 0.3 is 0 Å². The number of fused-ring (bicyclic) bond motifs is 1. The van der Waals surface area contributed by atoms with E-state index < -0.39 is 0 Å². The van der Waals surface area contributed by atoms with E-state index in [2.05, 4.69) is 31.8 Å². The van der Waals surface area contributed by atoms with E-state index in [0.29, 0.717) is 23.9 Å². The average molecular weight is 430 g/mol. The SMILES string of the molecule is COc1ccc(CNc2nc(Cl)nc3ncn(C[C@H]4CC[C@H](C)CC4)c23)c(OC)c1. The molecule has 3 aromatic rings. The summed E-state index contributed by atoms with van der Waals surface area (Å²) in [6, 6.07) is 5.76. The van der Waals surface area contributed by atoms with E-state index >= 15 is 0 Å². The highest BCUT2D eigenvalue weighted by Crippen LogP contribution is 2.31. The molecule has 0 atom stereocenters. The standard InChI is InChI=1S/C22H28ClN5O2/c1-14-4-6-15(7-5-14)12-28-13-25-21-19(28)20(26-22(23)27-21)24-11-16-8-9-17(29-2)10-18(16)30-3/h8-10,13-15H,4-7,11-12H2,1-3H3,(H,24,26,27)/t14-,15-. The zero-order valence-electron chi connectivity index (χ0n) is 17.7. The van der Waals surface area contributed by atoms with Crippen LogP contribution in [-0.2, 0) is 13.1 Å². The molecule has 160 valence electrons. The highest BCUT2D eigenvalue weighted by atomic mass is 35.5. The molecule has 0 radical (unpaired) electrons. The largest absolute Gasteiger partial charge is 0.497 e. The van der Waals surface area contributed by atoms with Crippen LogP contribution in [-0.4, -0.2) is 33.7 Å². The van der Waals surface area contributed by atoms with Crippen LogP contribution in [0.5, 0.6) is 11.5 Å². The van der Waals surface area contributed by atoms with Crippen LogP contribution in [0.2, 0.25) is 5.28 Å². The van der Waals surface area contributed by atoms with Crippen molar-refractivity contribution in [2.24, 2.45) is 11.8 Å². The Bertz CT molecular complexity index is 1010.